The van der Waals surface area contributed by atoms with Gasteiger partial charge in [-0.25, -0.2) is 0 Å². The monoisotopic (exact) mass is 210 g/mol. The molecule has 0 aromatic heterocycles. The first kappa shape index (κ1) is 13.1. The first-order chi connectivity index (χ1) is 6.96. The van der Waals surface area contributed by atoms with Crippen LogP contribution < -0.4 is 0 Å². The minimum absolute atomic E-state index is 0.567. The fourth-order valence-corrected chi connectivity index (χ4v) is 3.71. The van der Waals surface area contributed by atoms with Gasteiger partial charge in [-0.05, 0) is 29.6 Å². The van der Waals surface area contributed by atoms with Crippen molar-refractivity contribution in [1.29, 1.82) is 0 Å². The highest BCUT2D eigenvalue weighted by molar-refractivity contribution is 4.91. The lowest BCUT2D eigenvalue weighted by molar-refractivity contribution is 0.0434. The summed E-state index contributed by atoms with van der Waals surface area (Å²) in [4.78, 5) is 0. The van der Waals surface area contributed by atoms with Gasteiger partial charge in [-0.3, -0.25) is 0 Å². The van der Waals surface area contributed by atoms with E-state index in [0.717, 1.165) is 5.92 Å². The molecular formula is C15H30. The Bertz CT molecular complexity index is 186. The second kappa shape index (κ2) is 4.89. The molecule has 90 valence electrons. The van der Waals surface area contributed by atoms with E-state index in [2.05, 4.69) is 34.6 Å². The van der Waals surface area contributed by atoms with E-state index in [1.165, 1.54) is 44.9 Å². The van der Waals surface area contributed by atoms with Crippen molar-refractivity contribution in [3.05, 3.63) is 0 Å². The summed E-state index contributed by atoms with van der Waals surface area (Å²) in [6.07, 6.45) is 9.97. The molecule has 0 aliphatic heterocycles. The molecule has 0 N–H and O–H groups in total. The molecule has 1 atom stereocenters. The molecule has 1 unspecified atom stereocenters. The van der Waals surface area contributed by atoms with E-state index in [1.54, 1.807) is 0 Å². The van der Waals surface area contributed by atoms with Crippen molar-refractivity contribution in [3.8, 4) is 0 Å². The fraction of sp³-hybridized carbons (Fsp3) is 1.00. The molecule has 0 saturated heterocycles. The molecule has 15 heavy (non-hydrogen) atoms. The van der Waals surface area contributed by atoms with Crippen LogP contribution in [-0.4, -0.2) is 0 Å². The van der Waals surface area contributed by atoms with Gasteiger partial charge in [0, 0.05) is 0 Å². The maximum atomic E-state index is 2.52. The Morgan fingerprint density at radius 2 is 1.67 bits per heavy atom. The van der Waals surface area contributed by atoms with Crippen molar-refractivity contribution in [3.63, 3.8) is 0 Å². The van der Waals surface area contributed by atoms with E-state index in [0.29, 0.717) is 10.8 Å². The van der Waals surface area contributed by atoms with Crippen LogP contribution in [0.5, 0.6) is 0 Å². The zero-order valence-corrected chi connectivity index (χ0v) is 11.5. The maximum absolute atomic E-state index is 2.52. The summed E-state index contributed by atoms with van der Waals surface area (Å²) in [5, 5.41) is 0. The average Bonchev–Trinajstić information content (AvgIpc) is 2.38. The Hall–Kier alpha value is 0. The van der Waals surface area contributed by atoms with Gasteiger partial charge in [-0.1, -0.05) is 66.7 Å². The van der Waals surface area contributed by atoms with Gasteiger partial charge in [0.2, 0.25) is 0 Å². The van der Waals surface area contributed by atoms with Crippen LogP contribution in [-0.2, 0) is 0 Å². The fourth-order valence-electron chi connectivity index (χ4n) is 3.71. The third-order valence-corrected chi connectivity index (χ3v) is 5.21. The standard InChI is InChI=1S/C15H30/c1-6-15(5,7-2)13-11-9-8-10-12-14(13,3)4/h13H,6-12H2,1-5H3. The van der Waals surface area contributed by atoms with Crippen molar-refractivity contribution >= 4 is 0 Å². The second-order valence-corrected chi connectivity index (χ2v) is 6.50. The average molecular weight is 210 g/mol. The Kier molecular flexibility index (Phi) is 4.26. The van der Waals surface area contributed by atoms with E-state index >= 15 is 0 Å². The van der Waals surface area contributed by atoms with E-state index in [1.807, 2.05) is 0 Å². The van der Waals surface area contributed by atoms with Crippen LogP contribution in [0.3, 0.4) is 0 Å². The molecule has 0 aromatic carbocycles. The van der Waals surface area contributed by atoms with Crippen LogP contribution in [0.25, 0.3) is 0 Å². The lowest BCUT2D eigenvalue weighted by Gasteiger charge is -2.45. The van der Waals surface area contributed by atoms with Gasteiger partial charge in [0.1, 0.15) is 0 Å². The molecule has 1 saturated carbocycles. The zero-order chi connectivity index (χ0) is 11.5. The third kappa shape index (κ3) is 2.77. The van der Waals surface area contributed by atoms with Crippen LogP contribution in [0.15, 0.2) is 0 Å². The van der Waals surface area contributed by atoms with Crippen LogP contribution >= 0.6 is 0 Å². The lowest BCUT2D eigenvalue weighted by atomic mass is 9.60. The van der Waals surface area contributed by atoms with E-state index in [9.17, 15) is 0 Å². The normalized spacial score (nSPS) is 27.4. The molecule has 1 aliphatic carbocycles. The van der Waals surface area contributed by atoms with Gasteiger partial charge in [0.15, 0.2) is 0 Å². The molecule has 0 bridgehead atoms. The first-order valence-electron chi connectivity index (χ1n) is 6.96. The first-order valence-corrected chi connectivity index (χ1v) is 6.96. The Balaban J connectivity index is 2.87. The largest absolute Gasteiger partial charge is 0.0649 e. The maximum Gasteiger partial charge on any atom is -0.0298 e. The van der Waals surface area contributed by atoms with E-state index in [4.69, 9.17) is 0 Å². The molecule has 1 rings (SSSR count). The minimum Gasteiger partial charge on any atom is -0.0649 e. The van der Waals surface area contributed by atoms with Gasteiger partial charge in [0.05, 0.1) is 0 Å². The van der Waals surface area contributed by atoms with Gasteiger partial charge in [-0.2, -0.15) is 0 Å². The molecule has 0 heteroatoms. The predicted octanol–water partition coefficient (Wildman–Crippen LogP) is 5.42. The summed E-state index contributed by atoms with van der Waals surface area (Å²) in [6, 6.07) is 0. The van der Waals surface area contributed by atoms with Crippen LogP contribution in [0.4, 0.5) is 0 Å². The SMILES string of the molecule is CCC(C)(CC)C1CCCCCC1(C)C. The van der Waals surface area contributed by atoms with Gasteiger partial charge in [-0.15, -0.1) is 0 Å². The van der Waals surface area contributed by atoms with Crippen LogP contribution in [0.1, 0.15) is 79.6 Å². The van der Waals surface area contributed by atoms with Gasteiger partial charge >= 0.3 is 0 Å². The van der Waals surface area contributed by atoms with Crippen molar-refractivity contribution in [2.24, 2.45) is 16.7 Å². The summed E-state index contributed by atoms with van der Waals surface area (Å²) in [7, 11) is 0. The second-order valence-electron chi connectivity index (χ2n) is 6.50. The molecule has 0 heterocycles. The molecule has 0 aromatic rings. The minimum atomic E-state index is 0.567. The van der Waals surface area contributed by atoms with Gasteiger partial charge in [0.25, 0.3) is 0 Å². The summed E-state index contributed by atoms with van der Waals surface area (Å²) < 4.78 is 0. The summed E-state index contributed by atoms with van der Waals surface area (Å²) in [6.45, 7) is 12.3. The molecular weight excluding hydrogens is 180 g/mol. The highest BCUT2D eigenvalue weighted by Gasteiger charge is 2.41. The van der Waals surface area contributed by atoms with Crippen molar-refractivity contribution < 1.29 is 0 Å². The molecule has 0 nitrogen and oxygen atoms in total. The molecule has 0 spiro atoms. The number of hydrogen-bond donors (Lipinski definition) is 0. The third-order valence-electron chi connectivity index (χ3n) is 5.21. The number of hydrogen-bond acceptors (Lipinski definition) is 0. The molecule has 1 fully saturated rings. The predicted molar refractivity (Wildman–Crippen MR) is 69.0 cm³/mol. The molecule has 0 amide bonds. The quantitative estimate of drug-likeness (QED) is 0.546. The zero-order valence-electron chi connectivity index (χ0n) is 11.5. The smallest absolute Gasteiger partial charge is 0.0298 e. The Morgan fingerprint density at radius 1 is 1.07 bits per heavy atom. The molecule has 0 radical (unpaired) electrons. The van der Waals surface area contributed by atoms with E-state index in [-0.39, 0.29) is 0 Å². The van der Waals surface area contributed by atoms with E-state index < -0.39 is 0 Å². The Morgan fingerprint density at radius 3 is 2.20 bits per heavy atom. The topological polar surface area (TPSA) is 0 Å². The van der Waals surface area contributed by atoms with Crippen molar-refractivity contribution in [2.75, 3.05) is 0 Å². The summed E-state index contributed by atoms with van der Waals surface area (Å²) >= 11 is 0. The van der Waals surface area contributed by atoms with Crippen molar-refractivity contribution in [2.45, 2.75) is 79.6 Å². The highest BCUT2D eigenvalue weighted by atomic mass is 14.5. The Labute approximate surface area is 96.8 Å². The summed E-state index contributed by atoms with van der Waals surface area (Å²) in [5.41, 5.74) is 1.14. The van der Waals surface area contributed by atoms with Crippen LogP contribution in [0.2, 0.25) is 0 Å². The van der Waals surface area contributed by atoms with Gasteiger partial charge < -0.3 is 0 Å². The number of rotatable bonds is 3. The highest BCUT2D eigenvalue weighted by Crippen LogP contribution is 2.51. The van der Waals surface area contributed by atoms with Crippen LogP contribution in [0, 0.1) is 16.7 Å². The molecule has 1 aliphatic rings. The lowest BCUT2D eigenvalue weighted by Crippen LogP contribution is -2.36. The van der Waals surface area contributed by atoms with Crippen molar-refractivity contribution in [1.82, 2.24) is 0 Å². The summed E-state index contributed by atoms with van der Waals surface area (Å²) in [5.74, 6) is 0.933.